The number of anilines is 1. The molecule has 0 bridgehead atoms. The van der Waals surface area contributed by atoms with Gasteiger partial charge in [-0.15, -0.1) is 15.2 Å². The van der Waals surface area contributed by atoms with Crippen molar-refractivity contribution in [3.8, 4) is 11.3 Å². The zero-order valence-electron chi connectivity index (χ0n) is 11.5. The van der Waals surface area contributed by atoms with Crippen LogP contribution < -0.4 is 4.90 Å². The normalized spacial score (nSPS) is 18.9. The fraction of sp³-hybridized carbons (Fsp3) is 0.286. The Kier molecular flexibility index (Phi) is 3.96. The lowest BCUT2D eigenvalue weighted by Gasteiger charge is -2.12. The Morgan fingerprint density at radius 3 is 2.73 bits per heavy atom. The summed E-state index contributed by atoms with van der Waals surface area (Å²) in [5, 5.41) is 2.36. The molecular weight excluding hydrogens is 327 g/mol. The summed E-state index contributed by atoms with van der Waals surface area (Å²) >= 11 is 1.32. The minimum absolute atomic E-state index is 0.0312. The van der Waals surface area contributed by atoms with E-state index >= 15 is 0 Å². The summed E-state index contributed by atoms with van der Waals surface area (Å²) in [5.41, 5.74) is 1.70. The molecule has 22 heavy (non-hydrogen) atoms. The number of nitrogens with zero attached hydrogens (tertiary/aromatic N) is 2. The molecule has 1 amide bonds. The summed E-state index contributed by atoms with van der Waals surface area (Å²) in [5.74, 6) is -1.36. The van der Waals surface area contributed by atoms with Crippen molar-refractivity contribution in [2.45, 2.75) is 6.42 Å². The number of hydrogen-bond donors (Lipinski definition) is 0. The van der Waals surface area contributed by atoms with Crippen LogP contribution in [-0.4, -0.2) is 31.6 Å². The van der Waals surface area contributed by atoms with Crippen molar-refractivity contribution < 1.29 is 17.1 Å². The van der Waals surface area contributed by atoms with Crippen molar-refractivity contribution in [3.63, 3.8) is 0 Å². The van der Waals surface area contributed by atoms with Crippen LogP contribution in [0.4, 0.5) is 9.02 Å². The number of thiazole rings is 1. The molecule has 1 aliphatic rings. The maximum atomic E-state index is 12.8. The Hall–Kier alpha value is -1.80. The number of carbonyl (C=O) groups is 1. The molecule has 0 N–H and O–H groups in total. The highest BCUT2D eigenvalue weighted by Gasteiger charge is 2.35. The van der Waals surface area contributed by atoms with E-state index in [2.05, 4.69) is 4.98 Å². The minimum Gasteiger partial charge on any atom is -0.288 e. The molecular formula is C14H13FN2O3S2. The van der Waals surface area contributed by atoms with Gasteiger partial charge in [-0.25, -0.2) is 4.98 Å². The molecule has 5 nitrogen and oxygen atoms in total. The summed E-state index contributed by atoms with van der Waals surface area (Å²) in [6.45, 7) is 0.184. The lowest BCUT2D eigenvalue weighted by molar-refractivity contribution is -0.117. The van der Waals surface area contributed by atoms with E-state index in [0.717, 1.165) is 11.3 Å². The number of halogens is 1. The van der Waals surface area contributed by atoms with Crippen LogP contribution in [0.15, 0.2) is 35.7 Å². The Labute approximate surface area is 131 Å². The topological polar surface area (TPSA) is 67.3 Å². The van der Waals surface area contributed by atoms with Gasteiger partial charge in [-0.05, 0) is 0 Å². The molecule has 1 saturated heterocycles. The summed E-state index contributed by atoms with van der Waals surface area (Å²) in [7, 11) is -4.57. The second-order valence-electron chi connectivity index (χ2n) is 5.16. The van der Waals surface area contributed by atoms with E-state index in [1.807, 2.05) is 35.7 Å². The molecule has 0 aliphatic carbocycles. The highest BCUT2D eigenvalue weighted by Crippen LogP contribution is 2.31. The van der Waals surface area contributed by atoms with Gasteiger partial charge in [0.05, 0.1) is 11.4 Å². The minimum atomic E-state index is -4.57. The molecule has 0 saturated carbocycles. The Morgan fingerprint density at radius 1 is 1.32 bits per heavy atom. The van der Waals surface area contributed by atoms with Crippen LogP contribution in [0.2, 0.25) is 0 Å². The maximum Gasteiger partial charge on any atom is 0.302 e. The molecule has 1 atom stereocenters. The van der Waals surface area contributed by atoms with Crippen LogP contribution in [0.3, 0.4) is 0 Å². The average Bonchev–Trinajstić information content (AvgIpc) is 3.05. The van der Waals surface area contributed by atoms with Gasteiger partial charge in [0, 0.05) is 29.8 Å². The van der Waals surface area contributed by atoms with Crippen LogP contribution in [0.25, 0.3) is 11.3 Å². The lowest BCUT2D eigenvalue weighted by atomic mass is 10.1. The van der Waals surface area contributed by atoms with Crippen molar-refractivity contribution in [1.29, 1.82) is 0 Å². The van der Waals surface area contributed by atoms with Gasteiger partial charge in [-0.3, -0.25) is 9.69 Å². The number of aromatic nitrogens is 1. The highest BCUT2D eigenvalue weighted by atomic mass is 32.3. The zero-order chi connectivity index (χ0) is 15.7. The van der Waals surface area contributed by atoms with E-state index in [-0.39, 0.29) is 18.9 Å². The Morgan fingerprint density at radius 2 is 2.05 bits per heavy atom. The molecule has 0 spiro atoms. The number of hydrogen-bond acceptors (Lipinski definition) is 5. The average molecular weight is 340 g/mol. The van der Waals surface area contributed by atoms with Crippen molar-refractivity contribution in [3.05, 3.63) is 35.7 Å². The third-order valence-electron chi connectivity index (χ3n) is 3.43. The number of rotatable bonds is 4. The first kappa shape index (κ1) is 15.1. The van der Waals surface area contributed by atoms with Gasteiger partial charge < -0.3 is 0 Å². The summed E-state index contributed by atoms with van der Waals surface area (Å²) in [6.07, 6.45) is 0.0312. The van der Waals surface area contributed by atoms with E-state index in [0.29, 0.717) is 5.13 Å². The van der Waals surface area contributed by atoms with Crippen LogP contribution in [-0.2, 0) is 15.0 Å². The van der Waals surface area contributed by atoms with Gasteiger partial charge >= 0.3 is 10.2 Å². The van der Waals surface area contributed by atoms with E-state index in [1.54, 1.807) is 0 Å². The van der Waals surface area contributed by atoms with Crippen molar-refractivity contribution >= 4 is 32.6 Å². The van der Waals surface area contributed by atoms with Crippen molar-refractivity contribution in [2.75, 3.05) is 17.2 Å². The molecule has 2 aromatic rings. The summed E-state index contributed by atoms with van der Waals surface area (Å²) in [6, 6.07) is 9.55. The second kappa shape index (κ2) is 5.77. The van der Waals surface area contributed by atoms with Crippen molar-refractivity contribution in [1.82, 2.24) is 4.98 Å². The van der Waals surface area contributed by atoms with Crippen LogP contribution in [0.1, 0.15) is 6.42 Å². The fourth-order valence-electron chi connectivity index (χ4n) is 2.49. The lowest BCUT2D eigenvalue weighted by Crippen LogP contribution is -2.25. The van der Waals surface area contributed by atoms with E-state index in [9.17, 15) is 17.1 Å². The van der Waals surface area contributed by atoms with Gasteiger partial charge in [-0.2, -0.15) is 8.42 Å². The van der Waals surface area contributed by atoms with Crippen molar-refractivity contribution in [2.24, 2.45) is 5.92 Å². The molecule has 2 heterocycles. The van der Waals surface area contributed by atoms with Gasteiger partial charge in [0.25, 0.3) is 0 Å². The monoisotopic (exact) mass is 340 g/mol. The third kappa shape index (κ3) is 3.33. The standard InChI is InChI=1S/C14H13FN2O3S2/c15-22(19,20)9-10-6-13(18)17(7-10)14-16-12(8-21-14)11-4-2-1-3-5-11/h1-5,8,10H,6-7,9H2. The molecule has 8 heteroatoms. The molecule has 1 aromatic heterocycles. The van der Waals surface area contributed by atoms with Gasteiger partial charge in [0.15, 0.2) is 5.13 Å². The quantitative estimate of drug-likeness (QED) is 0.802. The van der Waals surface area contributed by atoms with E-state index in [1.165, 1.54) is 16.2 Å². The molecule has 116 valence electrons. The molecule has 1 aromatic carbocycles. The van der Waals surface area contributed by atoms with Crippen LogP contribution in [0.5, 0.6) is 0 Å². The zero-order valence-corrected chi connectivity index (χ0v) is 13.1. The predicted octanol–water partition coefficient (Wildman–Crippen LogP) is 2.46. The first-order valence-electron chi connectivity index (χ1n) is 6.66. The van der Waals surface area contributed by atoms with Gasteiger partial charge in [0.1, 0.15) is 0 Å². The predicted molar refractivity (Wildman–Crippen MR) is 82.9 cm³/mol. The smallest absolute Gasteiger partial charge is 0.288 e. The first-order valence-corrected chi connectivity index (χ1v) is 9.09. The first-order chi connectivity index (χ1) is 10.4. The highest BCUT2D eigenvalue weighted by molar-refractivity contribution is 7.86. The Balaban J connectivity index is 1.78. The van der Waals surface area contributed by atoms with Gasteiger partial charge in [0.2, 0.25) is 5.91 Å². The maximum absolute atomic E-state index is 12.8. The van der Waals surface area contributed by atoms with E-state index < -0.39 is 21.9 Å². The number of benzene rings is 1. The third-order valence-corrected chi connectivity index (χ3v) is 5.17. The fourth-order valence-corrected chi connectivity index (χ4v) is 4.14. The SMILES string of the molecule is O=C1CC(CS(=O)(=O)F)CN1c1nc(-c2ccccc2)cs1. The number of amides is 1. The van der Waals surface area contributed by atoms with Gasteiger partial charge in [-0.1, -0.05) is 30.3 Å². The number of carbonyl (C=O) groups excluding carboxylic acids is 1. The van der Waals surface area contributed by atoms with Crippen LogP contribution in [0, 0.1) is 5.92 Å². The molecule has 1 aliphatic heterocycles. The van der Waals surface area contributed by atoms with Crippen LogP contribution >= 0.6 is 11.3 Å². The molecule has 3 rings (SSSR count). The largest absolute Gasteiger partial charge is 0.302 e. The summed E-state index contributed by atoms with van der Waals surface area (Å²) < 4.78 is 34.2. The molecule has 1 fully saturated rings. The molecule has 1 unspecified atom stereocenters. The Bertz CT molecular complexity index is 789. The second-order valence-corrected chi connectivity index (χ2v) is 7.41. The summed E-state index contributed by atoms with van der Waals surface area (Å²) in [4.78, 5) is 17.9. The molecule has 0 radical (unpaired) electrons. The van der Waals surface area contributed by atoms with E-state index in [4.69, 9.17) is 0 Å².